The molecular formula is C15H21NO6. The summed E-state index contributed by atoms with van der Waals surface area (Å²) in [7, 11) is 0. The third-order valence-corrected chi connectivity index (χ3v) is 3.51. The van der Waals surface area contributed by atoms with Gasteiger partial charge in [0.25, 0.3) is 0 Å². The van der Waals surface area contributed by atoms with E-state index in [-0.39, 0.29) is 12.5 Å². The van der Waals surface area contributed by atoms with E-state index in [2.05, 4.69) is 5.32 Å². The van der Waals surface area contributed by atoms with Crippen molar-refractivity contribution in [3.8, 4) is 0 Å². The summed E-state index contributed by atoms with van der Waals surface area (Å²) in [6.45, 7) is 1.05. The predicted molar refractivity (Wildman–Crippen MR) is 76.6 cm³/mol. The van der Waals surface area contributed by atoms with E-state index in [1.807, 2.05) is 30.3 Å². The molecule has 1 aromatic rings. The van der Waals surface area contributed by atoms with Crippen LogP contribution >= 0.6 is 0 Å². The molecule has 0 aliphatic carbocycles. The van der Waals surface area contributed by atoms with Gasteiger partial charge in [0, 0.05) is 6.92 Å². The van der Waals surface area contributed by atoms with Crippen molar-refractivity contribution in [3.05, 3.63) is 35.9 Å². The molecule has 22 heavy (non-hydrogen) atoms. The van der Waals surface area contributed by atoms with Crippen LogP contribution in [0.25, 0.3) is 0 Å². The van der Waals surface area contributed by atoms with Crippen molar-refractivity contribution in [2.45, 2.75) is 44.2 Å². The minimum atomic E-state index is -1.31. The average molecular weight is 311 g/mol. The number of hydrogen-bond acceptors (Lipinski definition) is 6. The molecule has 2 rings (SSSR count). The summed E-state index contributed by atoms with van der Waals surface area (Å²) < 4.78 is 11.1. The molecule has 1 fully saturated rings. The third-order valence-electron chi connectivity index (χ3n) is 3.51. The van der Waals surface area contributed by atoms with Crippen molar-refractivity contribution < 1.29 is 29.6 Å². The van der Waals surface area contributed by atoms with Crippen LogP contribution < -0.4 is 5.32 Å². The summed E-state index contributed by atoms with van der Waals surface area (Å²) in [5, 5.41) is 31.7. The van der Waals surface area contributed by atoms with Crippen molar-refractivity contribution in [1.29, 1.82) is 0 Å². The molecule has 1 heterocycles. The summed E-state index contributed by atoms with van der Waals surface area (Å²) in [6, 6.07) is 8.42. The molecule has 0 saturated carbocycles. The van der Waals surface area contributed by atoms with Crippen LogP contribution in [0, 0.1) is 0 Å². The quantitative estimate of drug-likeness (QED) is 0.564. The van der Waals surface area contributed by atoms with Gasteiger partial charge in [0.2, 0.25) is 5.91 Å². The average Bonchev–Trinajstić information content (AvgIpc) is 2.52. The highest BCUT2D eigenvalue weighted by Gasteiger charge is 2.45. The molecule has 1 aromatic carbocycles. The fourth-order valence-corrected chi connectivity index (χ4v) is 2.37. The van der Waals surface area contributed by atoms with Gasteiger partial charge in [-0.3, -0.25) is 4.79 Å². The van der Waals surface area contributed by atoms with Gasteiger partial charge in [-0.05, 0) is 5.56 Å². The molecule has 1 amide bonds. The zero-order valence-corrected chi connectivity index (χ0v) is 12.3. The Labute approximate surface area is 128 Å². The molecule has 1 saturated heterocycles. The monoisotopic (exact) mass is 311 g/mol. The fraction of sp³-hybridized carbons (Fsp3) is 0.533. The van der Waals surface area contributed by atoms with E-state index in [0.717, 1.165) is 5.56 Å². The number of hydrogen-bond donors (Lipinski definition) is 4. The number of aliphatic hydroxyl groups excluding tert-OH is 3. The van der Waals surface area contributed by atoms with Gasteiger partial charge in [0.05, 0.1) is 13.2 Å². The number of benzene rings is 1. The Balaban J connectivity index is 2.07. The Kier molecular flexibility index (Phi) is 5.87. The number of amides is 1. The molecule has 4 N–H and O–H groups in total. The van der Waals surface area contributed by atoms with Gasteiger partial charge in [-0.25, -0.2) is 0 Å². The van der Waals surface area contributed by atoms with Gasteiger partial charge in [-0.15, -0.1) is 0 Å². The number of rotatable bonds is 5. The van der Waals surface area contributed by atoms with Crippen LogP contribution in [0.1, 0.15) is 12.5 Å². The number of nitrogens with one attached hydrogen (secondary N) is 1. The van der Waals surface area contributed by atoms with Crippen LogP contribution in [-0.2, 0) is 20.9 Å². The summed E-state index contributed by atoms with van der Waals surface area (Å²) in [6.07, 6.45) is -4.55. The highest BCUT2D eigenvalue weighted by molar-refractivity contribution is 5.73. The zero-order chi connectivity index (χ0) is 16.1. The lowest BCUT2D eigenvalue weighted by Crippen LogP contribution is -2.64. The van der Waals surface area contributed by atoms with Gasteiger partial charge in [-0.1, -0.05) is 30.3 Å². The topological polar surface area (TPSA) is 108 Å². The molecule has 7 nitrogen and oxygen atoms in total. The normalized spacial score (nSPS) is 31.7. The first-order valence-electron chi connectivity index (χ1n) is 7.08. The lowest BCUT2D eigenvalue weighted by Gasteiger charge is -2.42. The second kappa shape index (κ2) is 7.66. The Bertz CT molecular complexity index is 482. The Morgan fingerprint density at radius 3 is 2.55 bits per heavy atom. The smallest absolute Gasteiger partial charge is 0.217 e. The van der Waals surface area contributed by atoms with Crippen molar-refractivity contribution >= 4 is 5.91 Å². The number of aliphatic hydroxyl groups is 3. The lowest BCUT2D eigenvalue weighted by molar-refractivity contribution is -0.273. The molecular weight excluding hydrogens is 290 g/mol. The van der Waals surface area contributed by atoms with Crippen LogP contribution in [0.3, 0.4) is 0 Å². The Morgan fingerprint density at radius 2 is 1.95 bits per heavy atom. The van der Waals surface area contributed by atoms with Gasteiger partial charge in [0.1, 0.15) is 24.4 Å². The minimum absolute atomic E-state index is 0.211. The predicted octanol–water partition coefficient (Wildman–Crippen LogP) is -0.853. The van der Waals surface area contributed by atoms with Gasteiger partial charge in [-0.2, -0.15) is 0 Å². The molecule has 1 aliphatic heterocycles. The first-order chi connectivity index (χ1) is 10.5. The van der Waals surface area contributed by atoms with Gasteiger partial charge >= 0.3 is 0 Å². The van der Waals surface area contributed by atoms with Crippen LogP contribution in [-0.4, -0.2) is 58.5 Å². The maximum Gasteiger partial charge on any atom is 0.217 e. The van der Waals surface area contributed by atoms with Crippen molar-refractivity contribution in [2.24, 2.45) is 0 Å². The first-order valence-corrected chi connectivity index (χ1v) is 7.08. The van der Waals surface area contributed by atoms with Crippen LogP contribution in [0.15, 0.2) is 30.3 Å². The summed E-state index contributed by atoms with van der Waals surface area (Å²) in [4.78, 5) is 11.3. The molecule has 0 spiro atoms. The van der Waals surface area contributed by atoms with E-state index in [0.29, 0.717) is 0 Å². The number of carbonyl (C=O) groups excluding carboxylic acids is 1. The van der Waals surface area contributed by atoms with E-state index < -0.39 is 37.3 Å². The van der Waals surface area contributed by atoms with E-state index in [1.54, 1.807) is 0 Å². The second-order valence-electron chi connectivity index (χ2n) is 5.23. The maximum absolute atomic E-state index is 11.3. The van der Waals surface area contributed by atoms with Crippen molar-refractivity contribution in [1.82, 2.24) is 5.32 Å². The Hall–Kier alpha value is -1.51. The molecule has 0 radical (unpaired) electrons. The fourth-order valence-electron chi connectivity index (χ4n) is 2.37. The standard InChI is InChI=1S/C15H21NO6/c1-9(18)16-12-14(20)13(19)11(7-17)22-15(12)21-8-10-5-3-2-4-6-10/h2-6,11-15,17,19-20H,7-8H2,1H3,(H,16,18)/t11-,12+,13+,14-,15-/m1/s1. The molecule has 0 unspecified atom stereocenters. The third kappa shape index (κ3) is 4.02. The maximum atomic E-state index is 11.3. The highest BCUT2D eigenvalue weighted by Crippen LogP contribution is 2.23. The van der Waals surface area contributed by atoms with Crippen molar-refractivity contribution in [3.63, 3.8) is 0 Å². The molecule has 1 aliphatic rings. The van der Waals surface area contributed by atoms with Crippen LogP contribution in [0.2, 0.25) is 0 Å². The van der Waals surface area contributed by atoms with E-state index in [1.165, 1.54) is 6.92 Å². The van der Waals surface area contributed by atoms with Crippen LogP contribution in [0.5, 0.6) is 0 Å². The van der Waals surface area contributed by atoms with E-state index in [9.17, 15) is 20.1 Å². The first kappa shape index (κ1) is 16.9. The molecule has 5 atom stereocenters. The lowest BCUT2D eigenvalue weighted by atomic mass is 9.97. The molecule has 0 bridgehead atoms. The molecule has 122 valence electrons. The largest absolute Gasteiger partial charge is 0.394 e. The SMILES string of the molecule is CC(=O)N[C@@H]1[C@H](OCc2ccccc2)O[C@H](CO)[C@H](O)[C@@H]1O. The number of carbonyl (C=O) groups is 1. The van der Waals surface area contributed by atoms with Gasteiger partial charge in [0.15, 0.2) is 6.29 Å². The van der Waals surface area contributed by atoms with E-state index >= 15 is 0 Å². The zero-order valence-electron chi connectivity index (χ0n) is 12.3. The Morgan fingerprint density at radius 1 is 1.27 bits per heavy atom. The van der Waals surface area contributed by atoms with Crippen LogP contribution in [0.4, 0.5) is 0 Å². The summed E-state index contributed by atoms with van der Waals surface area (Å²) >= 11 is 0. The van der Waals surface area contributed by atoms with E-state index in [4.69, 9.17) is 9.47 Å². The molecule has 7 heteroatoms. The van der Waals surface area contributed by atoms with Crippen molar-refractivity contribution in [2.75, 3.05) is 6.61 Å². The number of ether oxygens (including phenoxy) is 2. The molecule has 0 aromatic heterocycles. The summed E-state index contributed by atoms with van der Waals surface area (Å²) in [5.41, 5.74) is 0.897. The minimum Gasteiger partial charge on any atom is -0.394 e. The second-order valence-corrected chi connectivity index (χ2v) is 5.23. The summed E-state index contributed by atoms with van der Waals surface area (Å²) in [5.74, 6) is -0.379. The highest BCUT2D eigenvalue weighted by atomic mass is 16.7. The van der Waals surface area contributed by atoms with Gasteiger partial charge < -0.3 is 30.1 Å².